The number of benzene rings is 2. The first kappa shape index (κ1) is 21.2. The minimum atomic E-state index is -0.213. The molecule has 1 amide bonds. The highest BCUT2D eigenvalue weighted by molar-refractivity contribution is 7.80. The molecule has 7 heteroatoms. The SMILES string of the molecule is CCc1ccccc1N1C(=O)/C(=C\c2ccc(COc3cccc(Cl)c3C)o2)NC1=S. The van der Waals surface area contributed by atoms with Gasteiger partial charge in [-0.25, -0.2) is 0 Å². The molecule has 31 heavy (non-hydrogen) atoms. The van der Waals surface area contributed by atoms with Gasteiger partial charge >= 0.3 is 0 Å². The number of carbonyl (C=O) groups excluding carboxylic acids is 1. The Morgan fingerprint density at radius 2 is 1.97 bits per heavy atom. The normalized spacial score (nSPS) is 14.9. The molecule has 4 rings (SSSR count). The maximum atomic E-state index is 13.0. The van der Waals surface area contributed by atoms with Gasteiger partial charge in [-0.3, -0.25) is 9.69 Å². The van der Waals surface area contributed by atoms with Crippen LogP contribution in [0.15, 0.2) is 64.7 Å². The second kappa shape index (κ2) is 8.96. The summed E-state index contributed by atoms with van der Waals surface area (Å²) in [5.41, 5.74) is 3.08. The zero-order valence-corrected chi connectivity index (χ0v) is 18.7. The van der Waals surface area contributed by atoms with Crippen molar-refractivity contribution in [3.8, 4) is 5.75 Å². The highest BCUT2D eigenvalue weighted by atomic mass is 35.5. The monoisotopic (exact) mass is 452 g/mol. The van der Waals surface area contributed by atoms with E-state index in [4.69, 9.17) is 33.0 Å². The lowest BCUT2D eigenvalue weighted by Crippen LogP contribution is -2.31. The van der Waals surface area contributed by atoms with E-state index in [1.807, 2.05) is 62.4 Å². The lowest BCUT2D eigenvalue weighted by molar-refractivity contribution is -0.113. The largest absolute Gasteiger partial charge is 0.485 e. The van der Waals surface area contributed by atoms with E-state index in [1.165, 1.54) is 4.90 Å². The Bertz CT molecular complexity index is 1190. The molecule has 0 radical (unpaired) electrons. The Balaban J connectivity index is 1.49. The van der Waals surface area contributed by atoms with Crippen LogP contribution in [0.1, 0.15) is 29.6 Å². The number of hydrogen-bond acceptors (Lipinski definition) is 4. The molecule has 2 heterocycles. The molecule has 0 saturated carbocycles. The Morgan fingerprint density at radius 1 is 1.16 bits per heavy atom. The van der Waals surface area contributed by atoms with Crippen LogP contribution in [-0.4, -0.2) is 11.0 Å². The predicted molar refractivity (Wildman–Crippen MR) is 126 cm³/mol. The fourth-order valence-corrected chi connectivity index (χ4v) is 3.82. The maximum Gasteiger partial charge on any atom is 0.281 e. The molecule has 1 N–H and O–H groups in total. The molecule has 158 valence electrons. The molecule has 2 aromatic carbocycles. The number of rotatable bonds is 6. The number of para-hydroxylation sites is 1. The minimum absolute atomic E-state index is 0.213. The number of halogens is 1. The van der Waals surface area contributed by atoms with E-state index in [-0.39, 0.29) is 12.5 Å². The van der Waals surface area contributed by atoms with E-state index < -0.39 is 0 Å². The van der Waals surface area contributed by atoms with Gasteiger partial charge in [0, 0.05) is 16.7 Å². The van der Waals surface area contributed by atoms with E-state index in [0.717, 1.165) is 23.2 Å². The summed E-state index contributed by atoms with van der Waals surface area (Å²) in [4.78, 5) is 14.5. The summed E-state index contributed by atoms with van der Waals surface area (Å²) in [5, 5.41) is 4.00. The van der Waals surface area contributed by atoms with Gasteiger partial charge in [0.1, 0.15) is 29.6 Å². The van der Waals surface area contributed by atoms with Crippen molar-refractivity contribution in [2.75, 3.05) is 4.90 Å². The van der Waals surface area contributed by atoms with Crippen LogP contribution in [-0.2, 0) is 17.8 Å². The average Bonchev–Trinajstić information content (AvgIpc) is 3.33. The molecular weight excluding hydrogens is 432 g/mol. The van der Waals surface area contributed by atoms with Gasteiger partial charge in [0.15, 0.2) is 5.11 Å². The van der Waals surface area contributed by atoms with E-state index in [9.17, 15) is 4.79 Å². The van der Waals surface area contributed by atoms with Gasteiger partial charge in [-0.2, -0.15) is 0 Å². The summed E-state index contributed by atoms with van der Waals surface area (Å²) in [7, 11) is 0. The summed E-state index contributed by atoms with van der Waals surface area (Å²) in [6.45, 7) is 4.20. The fraction of sp³-hybridized carbons (Fsp3) is 0.167. The third-order valence-corrected chi connectivity index (χ3v) is 5.74. The van der Waals surface area contributed by atoms with Crippen molar-refractivity contribution in [1.29, 1.82) is 0 Å². The highest BCUT2D eigenvalue weighted by Crippen LogP contribution is 2.28. The number of nitrogens with one attached hydrogen (secondary N) is 1. The van der Waals surface area contributed by atoms with Crippen molar-refractivity contribution in [3.63, 3.8) is 0 Å². The van der Waals surface area contributed by atoms with Crippen molar-refractivity contribution in [1.82, 2.24) is 5.32 Å². The standard InChI is InChI=1S/C24H21ClN2O3S/c1-3-16-7-4-5-9-21(16)27-23(28)20(26-24(27)31)13-17-11-12-18(30-17)14-29-22-10-6-8-19(25)15(22)2/h4-13H,3,14H2,1-2H3,(H,26,31)/b20-13+. The lowest BCUT2D eigenvalue weighted by atomic mass is 10.1. The molecule has 5 nitrogen and oxygen atoms in total. The number of carbonyl (C=O) groups is 1. The zero-order valence-electron chi connectivity index (χ0n) is 17.1. The zero-order chi connectivity index (χ0) is 22.0. The van der Waals surface area contributed by atoms with Gasteiger partial charge in [0.25, 0.3) is 5.91 Å². The third kappa shape index (κ3) is 4.36. The van der Waals surface area contributed by atoms with Gasteiger partial charge < -0.3 is 14.5 Å². The topological polar surface area (TPSA) is 54.7 Å². The summed E-state index contributed by atoms with van der Waals surface area (Å²) >= 11 is 11.5. The van der Waals surface area contributed by atoms with Crippen LogP contribution >= 0.6 is 23.8 Å². The molecule has 1 aliphatic heterocycles. The van der Waals surface area contributed by atoms with E-state index >= 15 is 0 Å². The summed E-state index contributed by atoms with van der Waals surface area (Å²) in [6.07, 6.45) is 2.45. The second-order valence-electron chi connectivity index (χ2n) is 7.07. The van der Waals surface area contributed by atoms with Crippen LogP contribution in [0.5, 0.6) is 5.75 Å². The van der Waals surface area contributed by atoms with Gasteiger partial charge in [0.05, 0.1) is 5.69 Å². The Morgan fingerprint density at radius 3 is 2.77 bits per heavy atom. The summed E-state index contributed by atoms with van der Waals surface area (Å²) in [6, 6.07) is 16.9. The number of anilines is 1. The number of aryl methyl sites for hydroxylation is 1. The lowest BCUT2D eigenvalue weighted by Gasteiger charge is -2.17. The minimum Gasteiger partial charge on any atom is -0.485 e. The van der Waals surface area contributed by atoms with E-state index in [2.05, 4.69) is 5.32 Å². The Labute approximate surface area is 191 Å². The average molecular weight is 453 g/mol. The van der Waals surface area contributed by atoms with Crippen molar-refractivity contribution < 1.29 is 13.9 Å². The Hall–Kier alpha value is -3.09. The number of ether oxygens (including phenoxy) is 1. The molecule has 1 saturated heterocycles. The number of amides is 1. The van der Waals surface area contributed by atoms with Gasteiger partial charge in [-0.05, 0) is 61.5 Å². The first-order valence-electron chi connectivity index (χ1n) is 9.89. The maximum absolute atomic E-state index is 13.0. The molecule has 1 aromatic heterocycles. The summed E-state index contributed by atoms with van der Waals surface area (Å²) < 4.78 is 11.6. The van der Waals surface area contributed by atoms with Gasteiger partial charge in [-0.15, -0.1) is 0 Å². The Kier molecular flexibility index (Phi) is 6.11. The van der Waals surface area contributed by atoms with Crippen LogP contribution < -0.4 is 15.0 Å². The molecule has 3 aromatic rings. The van der Waals surface area contributed by atoms with Crippen LogP contribution in [0.2, 0.25) is 5.02 Å². The third-order valence-electron chi connectivity index (χ3n) is 5.05. The van der Waals surface area contributed by atoms with Crippen LogP contribution in [0.3, 0.4) is 0 Å². The number of nitrogens with zero attached hydrogens (tertiary/aromatic N) is 1. The molecule has 1 aliphatic rings. The van der Waals surface area contributed by atoms with Crippen molar-refractivity contribution in [2.45, 2.75) is 26.9 Å². The first-order valence-corrected chi connectivity index (χ1v) is 10.7. The van der Waals surface area contributed by atoms with Crippen LogP contribution in [0, 0.1) is 6.92 Å². The van der Waals surface area contributed by atoms with E-state index in [0.29, 0.717) is 33.1 Å². The molecule has 0 atom stereocenters. The molecule has 0 bridgehead atoms. The predicted octanol–water partition coefficient (Wildman–Crippen LogP) is 5.65. The number of thiocarbonyl (C=S) groups is 1. The smallest absolute Gasteiger partial charge is 0.281 e. The first-order chi connectivity index (χ1) is 15.0. The van der Waals surface area contributed by atoms with Gasteiger partial charge in [0.2, 0.25) is 0 Å². The van der Waals surface area contributed by atoms with Crippen molar-refractivity contribution in [3.05, 3.63) is 88.0 Å². The molecule has 1 fully saturated rings. The van der Waals surface area contributed by atoms with Crippen LogP contribution in [0.4, 0.5) is 5.69 Å². The highest BCUT2D eigenvalue weighted by Gasteiger charge is 2.33. The van der Waals surface area contributed by atoms with Gasteiger partial charge in [-0.1, -0.05) is 42.8 Å². The second-order valence-corrected chi connectivity index (χ2v) is 7.86. The van der Waals surface area contributed by atoms with Crippen LogP contribution in [0.25, 0.3) is 6.08 Å². The summed E-state index contributed by atoms with van der Waals surface area (Å²) in [5.74, 6) is 1.65. The molecule has 0 aliphatic carbocycles. The number of furan rings is 1. The molecular formula is C24H21ClN2O3S. The van der Waals surface area contributed by atoms with Crippen molar-refractivity contribution >= 4 is 46.6 Å². The van der Waals surface area contributed by atoms with E-state index in [1.54, 1.807) is 12.1 Å². The molecule has 0 spiro atoms. The number of hydrogen-bond donors (Lipinski definition) is 1. The van der Waals surface area contributed by atoms with Crippen molar-refractivity contribution in [2.24, 2.45) is 0 Å². The fourth-order valence-electron chi connectivity index (χ4n) is 3.37. The quantitative estimate of drug-likeness (QED) is 0.387. The molecule has 0 unspecified atom stereocenters.